The van der Waals surface area contributed by atoms with Crippen LogP contribution in [0.2, 0.25) is 0 Å². The molecule has 0 aromatic heterocycles. The molecule has 1 saturated heterocycles. The molecule has 5 nitrogen and oxygen atoms in total. The number of likely N-dealkylation sites (tertiary alicyclic amines) is 1. The SMILES string of the molecule is CC(C)(Cc1ccccc1)C(=O)N1CCCC(C(=O)NCCN)C1.Cl. The minimum absolute atomic E-state index is 0. The number of carbonyl (C=O) groups is 2. The van der Waals surface area contributed by atoms with Crippen LogP contribution in [0.5, 0.6) is 0 Å². The first-order valence-corrected chi connectivity index (χ1v) is 8.75. The third-order valence-electron chi connectivity index (χ3n) is 4.59. The predicted molar refractivity (Wildman–Crippen MR) is 103 cm³/mol. The first-order valence-electron chi connectivity index (χ1n) is 8.75. The topological polar surface area (TPSA) is 75.4 Å². The van der Waals surface area contributed by atoms with Crippen LogP contribution in [0.4, 0.5) is 0 Å². The smallest absolute Gasteiger partial charge is 0.228 e. The van der Waals surface area contributed by atoms with Crippen LogP contribution in [0.25, 0.3) is 0 Å². The quantitative estimate of drug-likeness (QED) is 0.807. The van der Waals surface area contributed by atoms with Crippen LogP contribution in [0.1, 0.15) is 32.3 Å². The molecule has 0 aliphatic carbocycles. The van der Waals surface area contributed by atoms with Gasteiger partial charge in [-0.25, -0.2) is 0 Å². The van der Waals surface area contributed by atoms with Crippen molar-refractivity contribution in [3.8, 4) is 0 Å². The first-order chi connectivity index (χ1) is 11.4. The molecule has 1 atom stereocenters. The van der Waals surface area contributed by atoms with Gasteiger partial charge in [-0.1, -0.05) is 44.2 Å². The van der Waals surface area contributed by atoms with Crippen LogP contribution in [-0.4, -0.2) is 42.9 Å². The van der Waals surface area contributed by atoms with Crippen molar-refractivity contribution in [3.05, 3.63) is 35.9 Å². The van der Waals surface area contributed by atoms with E-state index in [1.165, 1.54) is 0 Å². The highest BCUT2D eigenvalue weighted by Crippen LogP contribution is 2.27. The van der Waals surface area contributed by atoms with E-state index in [1.807, 2.05) is 49.1 Å². The third kappa shape index (κ3) is 6.01. The number of halogens is 1. The maximum absolute atomic E-state index is 13.0. The molecule has 1 heterocycles. The van der Waals surface area contributed by atoms with E-state index in [4.69, 9.17) is 5.73 Å². The average Bonchev–Trinajstić information content (AvgIpc) is 2.59. The summed E-state index contributed by atoms with van der Waals surface area (Å²) in [6.45, 7) is 6.14. The molecule has 6 heteroatoms. The molecule has 2 rings (SSSR count). The third-order valence-corrected chi connectivity index (χ3v) is 4.59. The molecule has 1 aliphatic heterocycles. The molecule has 1 fully saturated rings. The maximum Gasteiger partial charge on any atom is 0.228 e. The van der Waals surface area contributed by atoms with Crippen LogP contribution in [0, 0.1) is 11.3 Å². The lowest BCUT2D eigenvalue weighted by Gasteiger charge is -2.37. The van der Waals surface area contributed by atoms with E-state index in [-0.39, 0.29) is 30.1 Å². The second-order valence-corrected chi connectivity index (χ2v) is 7.22. The molecule has 1 unspecified atom stereocenters. The van der Waals surface area contributed by atoms with Gasteiger partial charge in [-0.3, -0.25) is 9.59 Å². The summed E-state index contributed by atoms with van der Waals surface area (Å²) in [6.07, 6.45) is 2.40. The Morgan fingerprint density at radius 3 is 2.60 bits per heavy atom. The lowest BCUT2D eigenvalue weighted by Crippen LogP contribution is -2.50. The van der Waals surface area contributed by atoms with E-state index in [0.29, 0.717) is 26.1 Å². The number of benzene rings is 1. The van der Waals surface area contributed by atoms with Gasteiger partial charge in [0.1, 0.15) is 0 Å². The lowest BCUT2D eigenvalue weighted by atomic mass is 9.83. The molecule has 1 aromatic carbocycles. The number of piperidine rings is 1. The minimum Gasteiger partial charge on any atom is -0.355 e. The fraction of sp³-hybridized carbons (Fsp3) is 0.579. The van der Waals surface area contributed by atoms with Crippen LogP contribution < -0.4 is 11.1 Å². The summed E-state index contributed by atoms with van der Waals surface area (Å²) in [5.74, 6) is 0.0169. The highest BCUT2D eigenvalue weighted by atomic mass is 35.5. The second kappa shape index (κ2) is 9.78. The van der Waals surface area contributed by atoms with E-state index in [9.17, 15) is 9.59 Å². The maximum atomic E-state index is 13.0. The van der Waals surface area contributed by atoms with Crippen molar-refractivity contribution in [2.75, 3.05) is 26.2 Å². The van der Waals surface area contributed by atoms with E-state index in [2.05, 4.69) is 5.32 Å². The fourth-order valence-electron chi connectivity index (χ4n) is 3.33. The molecule has 0 spiro atoms. The van der Waals surface area contributed by atoms with Gasteiger partial charge < -0.3 is 16.0 Å². The second-order valence-electron chi connectivity index (χ2n) is 7.22. The number of hydrogen-bond donors (Lipinski definition) is 2. The summed E-state index contributed by atoms with van der Waals surface area (Å²) >= 11 is 0. The standard InChI is InChI=1S/C19H29N3O2.ClH/c1-19(2,13-15-7-4-3-5-8-15)18(24)22-12-6-9-16(14-22)17(23)21-11-10-20;/h3-5,7-8,16H,6,9-14,20H2,1-2H3,(H,21,23);1H. The van der Waals surface area contributed by atoms with Gasteiger partial charge in [0.2, 0.25) is 11.8 Å². The van der Waals surface area contributed by atoms with Gasteiger partial charge in [0.25, 0.3) is 0 Å². The van der Waals surface area contributed by atoms with E-state index >= 15 is 0 Å². The zero-order chi connectivity index (χ0) is 17.6. The molecule has 0 radical (unpaired) electrons. The number of nitrogens with two attached hydrogens (primary N) is 1. The molecule has 2 amide bonds. The zero-order valence-electron chi connectivity index (χ0n) is 15.2. The van der Waals surface area contributed by atoms with Gasteiger partial charge >= 0.3 is 0 Å². The fourth-order valence-corrected chi connectivity index (χ4v) is 3.33. The van der Waals surface area contributed by atoms with E-state index < -0.39 is 5.41 Å². The van der Waals surface area contributed by atoms with Gasteiger partial charge in [0.05, 0.1) is 5.92 Å². The largest absolute Gasteiger partial charge is 0.355 e. The number of carbonyl (C=O) groups excluding carboxylic acids is 2. The minimum atomic E-state index is -0.475. The Hall–Kier alpha value is -1.59. The van der Waals surface area contributed by atoms with Crippen molar-refractivity contribution in [1.82, 2.24) is 10.2 Å². The Morgan fingerprint density at radius 1 is 1.28 bits per heavy atom. The highest BCUT2D eigenvalue weighted by Gasteiger charge is 2.36. The van der Waals surface area contributed by atoms with Gasteiger partial charge in [0, 0.05) is 31.6 Å². The summed E-state index contributed by atoms with van der Waals surface area (Å²) in [5.41, 5.74) is 6.12. The summed E-state index contributed by atoms with van der Waals surface area (Å²) in [4.78, 5) is 27.0. The molecule has 3 N–H and O–H groups in total. The number of hydrogen-bond acceptors (Lipinski definition) is 3. The first kappa shape index (κ1) is 21.5. The zero-order valence-corrected chi connectivity index (χ0v) is 16.0. The molecule has 140 valence electrons. The van der Waals surface area contributed by atoms with Crippen LogP contribution >= 0.6 is 12.4 Å². The van der Waals surface area contributed by atoms with E-state index in [1.54, 1.807) is 0 Å². The summed E-state index contributed by atoms with van der Waals surface area (Å²) < 4.78 is 0. The van der Waals surface area contributed by atoms with Crippen molar-refractivity contribution in [3.63, 3.8) is 0 Å². The molecular weight excluding hydrogens is 338 g/mol. The van der Waals surface area contributed by atoms with Gasteiger partial charge in [-0.05, 0) is 24.8 Å². The molecular formula is C19H30ClN3O2. The Bertz CT molecular complexity index is 563. The Labute approximate surface area is 156 Å². The van der Waals surface area contributed by atoms with Crippen molar-refractivity contribution in [1.29, 1.82) is 0 Å². The number of nitrogens with zero attached hydrogens (tertiary/aromatic N) is 1. The summed E-state index contributed by atoms with van der Waals surface area (Å²) in [5, 5.41) is 2.84. The Morgan fingerprint density at radius 2 is 1.96 bits per heavy atom. The van der Waals surface area contributed by atoms with Crippen molar-refractivity contribution in [2.24, 2.45) is 17.1 Å². The van der Waals surface area contributed by atoms with Crippen molar-refractivity contribution < 1.29 is 9.59 Å². The number of amides is 2. The Kier molecular flexibility index (Phi) is 8.39. The molecule has 0 bridgehead atoms. The lowest BCUT2D eigenvalue weighted by molar-refractivity contribution is -0.143. The van der Waals surface area contributed by atoms with Crippen LogP contribution in [0.15, 0.2) is 30.3 Å². The van der Waals surface area contributed by atoms with Gasteiger partial charge in [-0.15, -0.1) is 12.4 Å². The summed E-state index contributed by atoms with van der Waals surface area (Å²) in [6, 6.07) is 10.1. The molecule has 25 heavy (non-hydrogen) atoms. The normalized spacial score (nSPS) is 17.6. The van der Waals surface area contributed by atoms with Crippen molar-refractivity contribution >= 4 is 24.2 Å². The van der Waals surface area contributed by atoms with Crippen molar-refractivity contribution in [2.45, 2.75) is 33.1 Å². The molecule has 1 aliphatic rings. The summed E-state index contributed by atoms with van der Waals surface area (Å²) in [7, 11) is 0. The molecule has 1 aromatic rings. The van der Waals surface area contributed by atoms with Crippen LogP contribution in [-0.2, 0) is 16.0 Å². The molecule has 0 saturated carbocycles. The van der Waals surface area contributed by atoms with Gasteiger partial charge in [0.15, 0.2) is 0 Å². The van der Waals surface area contributed by atoms with Crippen LogP contribution in [0.3, 0.4) is 0 Å². The van der Waals surface area contributed by atoms with Gasteiger partial charge in [-0.2, -0.15) is 0 Å². The van der Waals surface area contributed by atoms with E-state index in [0.717, 1.165) is 24.9 Å². The monoisotopic (exact) mass is 367 g/mol. The predicted octanol–water partition coefficient (Wildman–Crippen LogP) is 1.99. The average molecular weight is 368 g/mol. The highest BCUT2D eigenvalue weighted by molar-refractivity contribution is 5.85. The number of rotatable bonds is 6. The number of nitrogens with one attached hydrogen (secondary N) is 1. The Balaban J connectivity index is 0.00000312.